The minimum atomic E-state index is -1.08. The monoisotopic (exact) mass is 296 g/mol. The lowest BCUT2D eigenvalue weighted by Crippen LogP contribution is -2.41. The maximum Gasteiger partial charge on any atom is 0.330 e. The highest BCUT2D eigenvalue weighted by Gasteiger charge is 2.21. The van der Waals surface area contributed by atoms with E-state index >= 15 is 0 Å². The minimum Gasteiger partial charge on any atom is -0.479 e. The lowest BCUT2D eigenvalue weighted by Gasteiger charge is -2.16. The van der Waals surface area contributed by atoms with Gasteiger partial charge in [0.15, 0.2) is 6.04 Å². The molecule has 5 nitrogen and oxygen atoms in total. The molecule has 2 amide bonds. The highest BCUT2D eigenvalue weighted by molar-refractivity contribution is 7.99. The third-order valence-corrected chi connectivity index (χ3v) is 3.93. The number of benzene rings is 1. The van der Waals surface area contributed by atoms with Crippen LogP contribution in [-0.2, 0) is 4.79 Å². The van der Waals surface area contributed by atoms with Crippen molar-refractivity contribution in [3.8, 4) is 0 Å². The second-order valence-electron chi connectivity index (χ2n) is 4.42. The molecule has 20 heavy (non-hydrogen) atoms. The van der Waals surface area contributed by atoms with Gasteiger partial charge in [0.25, 0.3) is 0 Å². The van der Waals surface area contributed by atoms with Gasteiger partial charge in [-0.2, -0.15) is 11.8 Å². The van der Waals surface area contributed by atoms with Gasteiger partial charge in [-0.1, -0.05) is 37.3 Å². The molecule has 0 aliphatic carbocycles. The summed E-state index contributed by atoms with van der Waals surface area (Å²) >= 11 is 1.73. The fourth-order valence-corrected chi connectivity index (χ4v) is 1.98. The molecule has 0 saturated carbocycles. The molecule has 110 valence electrons. The largest absolute Gasteiger partial charge is 0.479 e. The first-order chi connectivity index (χ1) is 9.54. The SMILES string of the molecule is CSC(C)CCNC(=O)N[C@H](C(=O)O)c1ccccc1. The van der Waals surface area contributed by atoms with Gasteiger partial charge < -0.3 is 15.7 Å². The van der Waals surface area contributed by atoms with Gasteiger partial charge in [0.05, 0.1) is 0 Å². The molecule has 0 aromatic heterocycles. The lowest BCUT2D eigenvalue weighted by molar-refractivity contribution is -0.139. The van der Waals surface area contributed by atoms with Crippen LogP contribution in [0.1, 0.15) is 24.9 Å². The highest BCUT2D eigenvalue weighted by Crippen LogP contribution is 2.12. The van der Waals surface area contributed by atoms with Crippen molar-refractivity contribution in [2.45, 2.75) is 24.6 Å². The maximum atomic E-state index is 11.7. The van der Waals surface area contributed by atoms with Crippen LogP contribution in [-0.4, -0.2) is 35.2 Å². The third kappa shape index (κ3) is 5.52. The number of carbonyl (C=O) groups excluding carboxylic acids is 1. The van der Waals surface area contributed by atoms with Crippen molar-refractivity contribution in [2.75, 3.05) is 12.8 Å². The summed E-state index contributed by atoms with van der Waals surface area (Å²) in [5.41, 5.74) is 0.549. The Hall–Kier alpha value is -1.69. The molecule has 0 bridgehead atoms. The molecule has 0 saturated heterocycles. The summed E-state index contributed by atoms with van der Waals surface area (Å²) < 4.78 is 0. The first kappa shape index (κ1) is 16.4. The number of carboxylic acids is 1. The van der Waals surface area contributed by atoms with Crippen LogP contribution in [0.2, 0.25) is 0 Å². The number of nitrogens with one attached hydrogen (secondary N) is 2. The van der Waals surface area contributed by atoms with E-state index in [-0.39, 0.29) is 0 Å². The lowest BCUT2D eigenvalue weighted by atomic mass is 10.1. The molecular weight excluding hydrogens is 276 g/mol. The Balaban J connectivity index is 2.51. The quantitative estimate of drug-likeness (QED) is 0.721. The van der Waals surface area contributed by atoms with Crippen LogP contribution in [0.4, 0.5) is 4.79 Å². The summed E-state index contributed by atoms with van der Waals surface area (Å²) in [6.07, 6.45) is 2.86. The second-order valence-corrected chi connectivity index (χ2v) is 5.69. The fourth-order valence-electron chi connectivity index (χ4n) is 1.62. The molecule has 1 rings (SSSR count). The number of aliphatic carboxylic acids is 1. The number of carboxylic acid groups (broad SMARTS) is 1. The van der Waals surface area contributed by atoms with E-state index in [0.717, 1.165) is 6.42 Å². The highest BCUT2D eigenvalue weighted by atomic mass is 32.2. The molecule has 2 atom stereocenters. The normalized spacial score (nSPS) is 13.3. The second kappa shape index (κ2) is 8.47. The Kier molecular flexibility index (Phi) is 6.93. The summed E-state index contributed by atoms with van der Waals surface area (Å²) in [6.45, 7) is 2.60. The number of hydrogen-bond acceptors (Lipinski definition) is 3. The molecule has 0 spiro atoms. The van der Waals surface area contributed by atoms with E-state index in [1.807, 2.05) is 6.26 Å². The Bertz CT molecular complexity index is 439. The summed E-state index contributed by atoms with van der Waals surface area (Å²) in [5, 5.41) is 14.8. The van der Waals surface area contributed by atoms with Crippen LogP contribution < -0.4 is 10.6 Å². The predicted molar refractivity (Wildman–Crippen MR) is 80.9 cm³/mol. The van der Waals surface area contributed by atoms with Gasteiger partial charge in [-0.15, -0.1) is 0 Å². The van der Waals surface area contributed by atoms with Gasteiger partial charge in [0, 0.05) is 11.8 Å². The van der Waals surface area contributed by atoms with E-state index in [1.165, 1.54) is 0 Å². The standard InChI is InChI=1S/C14H20N2O3S/c1-10(20-2)8-9-15-14(19)16-12(13(17)18)11-6-4-3-5-7-11/h3-7,10,12H,8-9H2,1-2H3,(H,17,18)(H2,15,16,19)/t10?,12-/m0/s1. The van der Waals surface area contributed by atoms with Crippen LogP contribution in [0.3, 0.4) is 0 Å². The van der Waals surface area contributed by atoms with Crippen molar-refractivity contribution in [3.63, 3.8) is 0 Å². The minimum absolute atomic E-state index is 0.458. The Morgan fingerprint density at radius 2 is 1.95 bits per heavy atom. The van der Waals surface area contributed by atoms with E-state index in [9.17, 15) is 14.7 Å². The first-order valence-electron chi connectivity index (χ1n) is 6.39. The summed E-state index contributed by atoms with van der Waals surface area (Å²) in [5.74, 6) is -1.08. The van der Waals surface area contributed by atoms with Crippen molar-refractivity contribution in [1.29, 1.82) is 0 Å². The van der Waals surface area contributed by atoms with Gasteiger partial charge in [-0.05, 0) is 18.2 Å². The molecule has 1 aromatic rings. The van der Waals surface area contributed by atoms with Crippen molar-refractivity contribution in [3.05, 3.63) is 35.9 Å². The van der Waals surface area contributed by atoms with Crippen molar-refractivity contribution < 1.29 is 14.7 Å². The summed E-state index contributed by atoms with van der Waals surface area (Å²) in [6, 6.07) is 7.13. The zero-order valence-electron chi connectivity index (χ0n) is 11.6. The molecule has 1 unspecified atom stereocenters. The number of carbonyl (C=O) groups is 2. The van der Waals surface area contributed by atoms with E-state index in [2.05, 4.69) is 17.6 Å². The van der Waals surface area contributed by atoms with E-state index in [1.54, 1.807) is 42.1 Å². The van der Waals surface area contributed by atoms with Gasteiger partial charge in [-0.25, -0.2) is 9.59 Å². The van der Waals surface area contributed by atoms with Gasteiger partial charge in [0.1, 0.15) is 0 Å². The Morgan fingerprint density at radius 3 is 2.50 bits per heavy atom. The van der Waals surface area contributed by atoms with Gasteiger partial charge >= 0.3 is 12.0 Å². The summed E-state index contributed by atoms with van der Waals surface area (Å²) in [4.78, 5) is 22.9. The molecule has 6 heteroatoms. The Labute approximate surface area is 123 Å². The molecule has 0 aliphatic heterocycles. The average Bonchev–Trinajstić information content (AvgIpc) is 2.45. The average molecular weight is 296 g/mol. The third-order valence-electron chi connectivity index (χ3n) is 2.89. The zero-order valence-corrected chi connectivity index (χ0v) is 12.4. The molecule has 3 N–H and O–H groups in total. The fraction of sp³-hybridized carbons (Fsp3) is 0.429. The van der Waals surface area contributed by atoms with Crippen LogP contribution >= 0.6 is 11.8 Å². The first-order valence-corrected chi connectivity index (χ1v) is 7.68. The van der Waals surface area contributed by atoms with Gasteiger partial charge in [-0.3, -0.25) is 0 Å². The predicted octanol–water partition coefficient (Wildman–Crippen LogP) is 2.25. The topological polar surface area (TPSA) is 78.4 Å². The molecule has 0 aliphatic rings. The number of thioether (sulfide) groups is 1. The molecular formula is C14H20N2O3S. The van der Waals surface area contributed by atoms with Gasteiger partial charge in [0.2, 0.25) is 0 Å². The zero-order chi connectivity index (χ0) is 15.0. The number of hydrogen-bond donors (Lipinski definition) is 3. The maximum absolute atomic E-state index is 11.7. The van der Waals surface area contributed by atoms with E-state index in [0.29, 0.717) is 17.4 Å². The van der Waals surface area contributed by atoms with Crippen molar-refractivity contribution >= 4 is 23.8 Å². The molecule has 1 aromatic carbocycles. The van der Waals surface area contributed by atoms with Crippen LogP contribution in [0.25, 0.3) is 0 Å². The van der Waals surface area contributed by atoms with E-state index in [4.69, 9.17) is 0 Å². The van der Waals surface area contributed by atoms with Crippen LogP contribution in [0, 0.1) is 0 Å². The molecule has 0 fully saturated rings. The molecule has 0 radical (unpaired) electrons. The molecule has 0 heterocycles. The van der Waals surface area contributed by atoms with Crippen LogP contribution in [0.15, 0.2) is 30.3 Å². The van der Waals surface area contributed by atoms with E-state index < -0.39 is 18.0 Å². The number of rotatable bonds is 7. The van der Waals surface area contributed by atoms with Crippen molar-refractivity contribution in [1.82, 2.24) is 10.6 Å². The van der Waals surface area contributed by atoms with Crippen molar-refractivity contribution in [2.24, 2.45) is 0 Å². The smallest absolute Gasteiger partial charge is 0.330 e. The number of amides is 2. The summed E-state index contributed by atoms with van der Waals surface area (Å²) in [7, 11) is 0. The van der Waals surface area contributed by atoms with Crippen LogP contribution in [0.5, 0.6) is 0 Å². The Morgan fingerprint density at radius 1 is 1.30 bits per heavy atom. The number of urea groups is 1.